The quantitative estimate of drug-likeness (QED) is 0.0278. The molecule has 0 saturated carbocycles. The number of hydrogen-bond acceptors (Lipinski definition) is 16. The van der Waals surface area contributed by atoms with Crippen LogP contribution in [0.1, 0.15) is 80.4 Å². The number of carbonyl (C=O) groups is 9. The van der Waals surface area contributed by atoms with Gasteiger partial charge in [-0.05, 0) is 105 Å². The van der Waals surface area contributed by atoms with Crippen molar-refractivity contribution in [3.63, 3.8) is 0 Å². The number of nitrogens with one attached hydrogen (secondary N) is 2. The maximum Gasteiger partial charge on any atom is 0.330 e. The lowest BCUT2D eigenvalue weighted by atomic mass is 9.87. The normalized spacial score (nSPS) is 14.2. The number of nitrogens with zero attached hydrogens (tertiary/aromatic N) is 5. The Hall–Kier alpha value is -9.60. The van der Waals surface area contributed by atoms with Crippen LogP contribution in [0.3, 0.4) is 0 Å². The maximum atomic E-state index is 14.8. The van der Waals surface area contributed by atoms with Gasteiger partial charge in [-0.1, -0.05) is 85.4 Å². The van der Waals surface area contributed by atoms with Crippen molar-refractivity contribution in [2.75, 3.05) is 68.2 Å². The molecule has 1 aromatic heterocycles. The van der Waals surface area contributed by atoms with Crippen LogP contribution in [0, 0.1) is 5.41 Å². The first-order valence-corrected chi connectivity index (χ1v) is 29.4. The number of piperidine rings is 1. The summed E-state index contributed by atoms with van der Waals surface area (Å²) >= 11 is 0. The topological polar surface area (TPSA) is 270 Å². The van der Waals surface area contributed by atoms with E-state index >= 15 is 0 Å². The van der Waals surface area contributed by atoms with Gasteiger partial charge in [0.25, 0.3) is 11.8 Å². The number of hydrogen-bond donors (Lipinski definition) is 3. The Balaban J connectivity index is 1.22. The molecule has 5 aromatic rings. The van der Waals surface area contributed by atoms with Crippen LogP contribution in [0.2, 0.25) is 0 Å². The number of phenols is 1. The van der Waals surface area contributed by atoms with E-state index in [1.165, 1.54) is 86.3 Å². The molecule has 0 bridgehead atoms. The fourth-order valence-electron chi connectivity index (χ4n) is 10.0. The molecule has 6 amide bonds. The first-order chi connectivity index (χ1) is 42.5. The summed E-state index contributed by atoms with van der Waals surface area (Å²) in [6, 6.07) is 26.5. The Morgan fingerprint density at radius 1 is 0.753 bits per heavy atom. The molecule has 1 saturated heterocycles. The third-order valence-electron chi connectivity index (χ3n) is 15.4. The smallest absolute Gasteiger partial charge is 0.330 e. The Morgan fingerprint density at radius 2 is 1.36 bits per heavy atom. The molecule has 22 heteroatoms. The van der Waals surface area contributed by atoms with Crippen molar-refractivity contribution >= 4 is 53.2 Å². The highest BCUT2D eigenvalue weighted by Crippen LogP contribution is 2.33. The van der Waals surface area contributed by atoms with Crippen LogP contribution in [0.5, 0.6) is 23.0 Å². The van der Waals surface area contributed by atoms with Gasteiger partial charge in [0.2, 0.25) is 29.4 Å². The molecule has 3 N–H and O–H groups in total. The summed E-state index contributed by atoms with van der Waals surface area (Å²) in [5.41, 5.74) is 1.80. The highest BCUT2D eigenvalue weighted by molar-refractivity contribution is 6.38. The molecular weight excluding hydrogens is 1140 g/mol. The summed E-state index contributed by atoms with van der Waals surface area (Å²) in [5.74, 6) is -5.21. The number of aryl methyl sites for hydroxylation is 1. The number of esters is 2. The molecule has 22 nitrogen and oxygen atoms in total. The number of likely N-dealkylation sites (tertiary alicyclic amines) is 1. The van der Waals surface area contributed by atoms with Crippen LogP contribution in [0.15, 0.2) is 134 Å². The fourth-order valence-corrected chi connectivity index (χ4v) is 10.0. The summed E-state index contributed by atoms with van der Waals surface area (Å²) in [6.07, 6.45) is 4.66. The average Bonchev–Trinajstić information content (AvgIpc) is 1.82. The zero-order valence-electron chi connectivity index (χ0n) is 51.8. The molecular formula is C67H81N7O15. The van der Waals surface area contributed by atoms with Gasteiger partial charge < -0.3 is 59.0 Å². The summed E-state index contributed by atoms with van der Waals surface area (Å²) in [6.45, 7) is 7.14. The van der Waals surface area contributed by atoms with E-state index in [-0.39, 0.29) is 56.1 Å². The van der Waals surface area contributed by atoms with E-state index in [4.69, 9.17) is 23.7 Å². The number of aromatic nitrogens is 1. The van der Waals surface area contributed by atoms with Gasteiger partial charge in [0.15, 0.2) is 18.1 Å². The van der Waals surface area contributed by atoms with Crippen LogP contribution in [-0.4, -0.2) is 175 Å². The number of amides is 6. The summed E-state index contributed by atoms with van der Waals surface area (Å²) in [7, 11) is 7.49. The molecule has 1 fully saturated rings. The number of phenolic OH excluding ortho intramolecular Hbond substituents is 1. The minimum absolute atomic E-state index is 0.0000741. The second-order valence-electron chi connectivity index (χ2n) is 22.4. The monoisotopic (exact) mass is 1220 g/mol. The van der Waals surface area contributed by atoms with Crippen molar-refractivity contribution < 1.29 is 71.9 Å². The molecule has 474 valence electrons. The number of rotatable bonds is 31. The third kappa shape index (κ3) is 19.7. The zero-order chi connectivity index (χ0) is 64.8. The number of methoxy groups -OCH3 is 2. The SMILES string of the molecule is C=CC(=O)OCC(C)(C)C(=O)C(=O)N1CCCC[C@H]1C(=O)O[C@H](CCc1ccc(OC)c(OC)c1)c1cncc(OCC(=O)N(C)[C@@H](Cc2ccc(O)cc2)C(=O)N[C@H](Cc2ccccc2)C(=O)N(C)CC(=O)N[C@H](Cc2ccccc2)C(=O)N(C)CC)c1. The van der Waals surface area contributed by atoms with Crippen LogP contribution in [0.25, 0.3) is 0 Å². The van der Waals surface area contributed by atoms with E-state index in [1.54, 1.807) is 67.7 Å². The van der Waals surface area contributed by atoms with E-state index in [0.717, 1.165) is 17.2 Å². The molecule has 0 spiro atoms. The zero-order valence-corrected chi connectivity index (χ0v) is 51.8. The van der Waals surface area contributed by atoms with E-state index in [9.17, 15) is 48.3 Å². The number of benzene rings is 4. The second-order valence-corrected chi connectivity index (χ2v) is 22.4. The highest BCUT2D eigenvalue weighted by Gasteiger charge is 2.43. The van der Waals surface area contributed by atoms with E-state index < -0.39 is 103 Å². The van der Waals surface area contributed by atoms with Gasteiger partial charge in [0.1, 0.15) is 48.4 Å². The van der Waals surface area contributed by atoms with Gasteiger partial charge in [0.05, 0.1) is 32.4 Å². The summed E-state index contributed by atoms with van der Waals surface area (Å²) < 4.78 is 28.5. The van der Waals surface area contributed by atoms with Gasteiger partial charge in [0, 0.05) is 71.3 Å². The number of pyridine rings is 1. The number of likely N-dealkylation sites (N-methyl/N-ethyl adjacent to an activating group) is 3. The lowest BCUT2D eigenvalue weighted by Gasteiger charge is -2.36. The first kappa shape index (κ1) is 68.5. The van der Waals surface area contributed by atoms with Crippen molar-refractivity contribution in [1.82, 2.24) is 35.2 Å². The predicted octanol–water partition coefficient (Wildman–Crippen LogP) is 5.57. The molecule has 5 atom stereocenters. The van der Waals surface area contributed by atoms with Gasteiger partial charge in [-0.3, -0.25) is 38.5 Å². The summed E-state index contributed by atoms with van der Waals surface area (Å²) in [5, 5.41) is 15.8. The largest absolute Gasteiger partial charge is 0.508 e. The van der Waals surface area contributed by atoms with Crippen LogP contribution < -0.4 is 24.8 Å². The number of ether oxygens (including phenoxy) is 5. The van der Waals surface area contributed by atoms with Crippen LogP contribution in [-0.2, 0) is 78.3 Å². The Morgan fingerprint density at radius 3 is 1.98 bits per heavy atom. The molecule has 1 aliphatic rings. The number of ketones is 1. The minimum Gasteiger partial charge on any atom is -0.508 e. The number of carbonyl (C=O) groups excluding carboxylic acids is 9. The van der Waals surface area contributed by atoms with Crippen molar-refractivity contribution in [2.45, 2.75) is 102 Å². The molecule has 6 rings (SSSR count). The lowest BCUT2D eigenvalue weighted by molar-refractivity contribution is -0.165. The molecule has 1 aliphatic heterocycles. The first-order valence-electron chi connectivity index (χ1n) is 29.4. The van der Waals surface area contributed by atoms with E-state index in [0.29, 0.717) is 54.0 Å². The second kappa shape index (κ2) is 32.9. The molecule has 89 heavy (non-hydrogen) atoms. The number of aromatic hydroxyl groups is 1. The van der Waals surface area contributed by atoms with Gasteiger partial charge >= 0.3 is 11.9 Å². The highest BCUT2D eigenvalue weighted by atomic mass is 16.5. The molecule has 0 radical (unpaired) electrons. The third-order valence-corrected chi connectivity index (χ3v) is 15.4. The van der Waals surface area contributed by atoms with Crippen molar-refractivity contribution in [3.8, 4) is 23.0 Å². The molecule has 2 heterocycles. The predicted molar refractivity (Wildman–Crippen MR) is 329 cm³/mol. The van der Waals surface area contributed by atoms with Crippen LogP contribution in [0.4, 0.5) is 0 Å². The maximum absolute atomic E-state index is 14.8. The Kier molecular flexibility index (Phi) is 25.4. The van der Waals surface area contributed by atoms with E-state index in [2.05, 4.69) is 22.2 Å². The lowest BCUT2D eigenvalue weighted by Crippen LogP contribution is -2.57. The van der Waals surface area contributed by atoms with Crippen molar-refractivity contribution in [2.24, 2.45) is 5.41 Å². The number of Topliss-reactive ketones (excluding diaryl/α,β-unsaturated/α-hetero) is 1. The molecule has 0 aliphatic carbocycles. The van der Waals surface area contributed by atoms with Gasteiger partial charge in [-0.25, -0.2) is 9.59 Å². The average molecular weight is 1220 g/mol. The fraction of sp³-hybridized carbons (Fsp3) is 0.403. The van der Waals surface area contributed by atoms with Crippen molar-refractivity contribution in [3.05, 3.63) is 162 Å². The summed E-state index contributed by atoms with van der Waals surface area (Å²) in [4.78, 5) is 134. The van der Waals surface area contributed by atoms with Crippen molar-refractivity contribution in [1.29, 1.82) is 0 Å². The standard InChI is InChI=1S/C67H81N7O15/c1-10-60(78)88-43-67(3,4)61(79)65(83)74-33-19-18-24-53(74)66(84)89-55(31-27-47-28-32-56(85-8)57(37-47)86-9)48-38-50(40-68-39-48)87-42-59(77)73(7)54(36-46-25-29-49(75)30-26-46)62(80)70-52(35-45-22-16-13-17-23-45)64(82)72(6)41-58(76)69-51(63(81)71(5)11-2)34-44-20-14-12-15-21-44/h10,12-17,20-23,25-26,28-30,32,37-40,51-55,75H,1,11,18-19,24,27,31,33-36,41-43H2,2-9H3,(H,69,76)(H,70,80)/t51-,52-,53+,54+,55-/m1/s1. The van der Waals surface area contributed by atoms with E-state index in [1.807, 2.05) is 43.3 Å². The van der Waals surface area contributed by atoms with Gasteiger partial charge in [-0.15, -0.1) is 0 Å². The molecule has 4 aromatic carbocycles. The Labute approximate surface area is 519 Å². The molecule has 0 unspecified atom stereocenters. The Bertz CT molecular complexity index is 3270. The minimum atomic E-state index is -1.43. The van der Waals surface area contributed by atoms with Gasteiger partial charge in [-0.2, -0.15) is 0 Å². The van der Waals surface area contributed by atoms with Crippen LogP contribution >= 0.6 is 0 Å².